The monoisotopic (exact) mass is 331 g/mol. The van der Waals surface area contributed by atoms with Crippen molar-refractivity contribution in [2.75, 3.05) is 6.26 Å². The molecule has 1 amide bonds. The average Bonchev–Trinajstić information content (AvgIpc) is 2.57. The largest absolute Gasteiger partial charge is 0.352 e. The zero-order chi connectivity index (χ0) is 16.8. The van der Waals surface area contributed by atoms with Crippen LogP contribution in [0.2, 0.25) is 0 Å². The second kappa shape index (κ2) is 7.97. The van der Waals surface area contributed by atoms with Crippen molar-refractivity contribution in [3.05, 3.63) is 46.8 Å². The molecule has 2 rings (SSSR count). The number of aromatic nitrogens is 2. The summed E-state index contributed by atoms with van der Waals surface area (Å²) in [6, 6.07) is 11.1. The SMILES string of the molecule is CC[C@H](C)NC(=O)Cn1c(SC)nc(-c2ccccc2)cc1=O. The Morgan fingerprint density at radius 2 is 2.04 bits per heavy atom. The summed E-state index contributed by atoms with van der Waals surface area (Å²) in [4.78, 5) is 29.0. The van der Waals surface area contributed by atoms with Crippen LogP contribution in [0.25, 0.3) is 11.3 Å². The zero-order valence-corrected chi connectivity index (χ0v) is 14.4. The molecule has 1 aromatic carbocycles. The molecular formula is C17H21N3O2S. The molecule has 0 spiro atoms. The Hall–Kier alpha value is -2.08. The minimum absolute atomic E-state index is 0.0125. The lowest BCUT2D eigenvalue weighted by Crippen LogP contribution is -2.37. The van der Waals surface area contributed by atoms with Crippen molar-refractivity contribution in [1.29, 1.82) is 0 Å². The van der Waals surface area contributed by atoms with Gasteiger partial charge in [-0.25, -0.2) is 4.98 Å². The number of carbonyl (C=O) groups is 1. The molecule has 1 heterocycles. The van der Waals surface area contributed by atoms with Crippen LogP contribution in [0.15, 0.2) is 46.3 Å². The molecule has 0 aliphatic carbocycles. The molecule has 0 saturated carbocycles. The quantitative estimate of drug-likeness (QED) is 0.653. The van der Waals surface area contributed by atoms with Crippen molar-refractivity contribution in [2.24, 2.45) is 0 Å². The maximum atomic E-state index is 12.4. The standard InChI is InChI=1S/C17H21N3O2S/c1-4-12(2)18-15(21)11-20-16(22)10-14(19-17(20)23-3)13-8-6-5-7-9-13/h5-10,12H,4,11H2,1-3H3,(H,18,21)/t12-/m0/s1. The van der Waals surface area contributed by atoms with Gasteiger partial charge in [0.1, 0.15) is 6.54 Å². The molecule has 0 aliphatic heterocycles. The van der Waals surface area contributed by atoms with Crippen LogP contribution >= 0.6 is 11.8 Å². The molecule has 1 N–H and O–H groups in total. The first-order chi connectivity index (χ1) is 11.0. The fourth-order valence-electron chi connectivity index (χ4n) is 2.11. The van der Waals surface area contributed by atoms with Gasteiger partial charge in [0.25, 0.3) is 5.56 Å². The fourth-order valence-corrected chi connectivity index (χ4v) is 2.67. The third kappa shape index (κ3) is 4.45. The van der Waals surface area contributed by atoms with E-state index in [0.29, 0.717) is 10.9 Å². The van der Waals surface area contributed by atoms with Crippen LogP contribution in [-0.2, 0) is 11.3 Å². The van der Waals surface area contributed by atoms with Crippen molar-refractivity contribution in [2.45, 2.75) is 38.0 Å². The molecule has 122 valence electrons. The van der Waals surface area contributed by atoms with E-state index in [-0.39, 0.29) is 24.1 Å². The molecule has 0 unspecified atom stereocenters. The highest BCUT2D eigenvalue weighted by Gasteiger charge is 2.13. The summed E-state index contributed by atoms with van der Waals surface area (Å²) < 4.78 is 1.41. The minimum Gasteiger partial charge on any atom is -0.352 e. The summed E-state index contributed by atoms with van der Waals surface area (Å²) in [6.45, 7) is 3.93. The lowest BCUT2D eigenvalue weighted by atomic mass is 10.1. The predicted octanol–water partition coefficient (Wildman–Crippen LogP) is 2.55. The molecule has 0 aliphatic rings. The molecular weight excluding hydrogens is 310 g/mol. The van der Waals surface area contributed by atoms with E-state index >= 15 is 0 Å². The highest BCUT2D eigenvalue weighted by molar-refractivity contribution is 7.98. The molecule has 0 bridgehead atoms. The number of nitrogens with one attached hydrogen (secondary N) is 1. The van der Waals surface area contributed by atoms with Gasteiger partial charge < -0.3 is 5.32 Å². The number of thioether (sulfide) groups is 1. The van der Waals surface area contributed by atoms with Gasteiger partial charge in [0, 0.05) is 17.7 Å². The van der Waals surface area contributed by atoms with Gasteiger partial charge in [-0.05, 0) is 19.6 Å². The third-order valence-electron chi connectivity index (χ3n) is 3.55. The van der Waals surface area contributed by atoms with Crippen LogP contribution in [-0.4, -0.2) is 27.8 Å². The number of hydrogen-bond donors (Lipinski definition) is 1. The Morgan fingerprint density at radius 1 is 1.35 bits per heavy atom. The van der Waals surface area contributed by atoms with Gasteiger partial charge >= 0.3 is 0 Å². The average molecular weight is 331 g/mol. The Labute approximate surface area is 140 Å². The van der Waals surface area contributed by atoms with E-state index in [1.54, 1.807) is 0 Å². The van der Waals surface area contributed by atoms with Gasteiger partial charge in [-0.15, -0.1) is 0 Å². The van der Waals surface area contributed by atoms with Crippen LogP contribution in [0.3, 0.4) is 0 Å². The smallest absolute Gasteiger partial charge is 0.255 e. The van der Waals surface area contributed by atoms with Crippen molar-refractivity contribution in [3.63, 3.8) is 0 Å². The molecule has 1 atom stereocenters. The summed E-state index contributed by atoms with van der Waals surface area (Å²) in [5.41, 5.74) is 1.29. The first kappa shape index (κ1) is 17.3. The van der Waals surface area contributed by atoms with Gasteiger partial charge in [-0.1, -0.05) is 49.0 Å². The Bertz CT molecular complexity index is 728. The van der Waals surface area contributed by atoms with Gasteiger partial charge in [-0.3, -0.25) is 14.2 Å². The highest BCUT2D eigenvalue weighted by atomic mass is 32.2. The van der Waals surface area contributed by atoms with Gasteiger partial charge in [0.05, 0.1) is 5.69 Å². The second-order valence-corrected chi connectivity index (χ2v) is 6.07. The minimum atomic E-state index is -0.220. The number of nitrogens with zero attached hydrogens (tertiary/aromatic N) is 2. The summed E-state index contributed by atoms with van der Waals surface area (Å²) in [7, 11) is 0. The number of rotatable bonds is 6. The van der Waals surface area contributed by atoms with Crippen LogP contribution in [0.4, 0.5) is 0 Å². The summed E-state index contributed by atoms with van der Waals surface area (Å²) >= 11 is 1.36. The summed E-state index contributed by atoms with van der Waals surface area (Å²) in [5, 5.41) is 3.40. The van der Waals surface area contributed by atoms with Gasteiger partial charge in [0.15, 0.2) is 5.16 Å². The fraction of sp³-hybridized carbons (Fsp3) is 0.353. The molecule has 2 aromatic rings. The lowest BCUT2D eigenvalue weighted by molar-refractivity contribution is -0.122. The predicted molar refractivity (Wildman–Crippen MR) is 93.6 cm³/mol. The zero-order valence-electron chi connectivity index (χ0n) is 13.6. The molecule has 0 radical (unpaired) electrons. The number of carbonyl (C=O) groups excluding carboxylic acids is 1. The maximum absolute atomic E-state index is 12.4. The second-order valence-electron chi connectivity index (χ2n) is 5.30. The molecule has 23 heavy (non-hydrogen) atoms. The lowest BCUT2D eigenvalue weighted by Gasteiger charge is -2.14. The first-order valence-corrected chi connectivity index (χ1v) is 8.78. The van der Waals surface area contributed by atoms with E-state index in [1.807, 2.05) is 50.4 Å². The van der Waals surface area contributed by atoms with Crippen LogP contribution in [0.5, 0.6) is 0 Å². The van der Waals surface area contributed by atoms with E-state index in [0.717, 1.165) is 12.0 Å². The maximum Gasteiger partial charge on any atom is 0.255 e. The highest BCUT2D eigenvalue weighted by Crippen LogP contribution is 2.18. The van der Waals surface area contributed by atoms with Crippen molar-refractivity contribution >= 4 is 17.7 Å². The topological polar surface area (TPSA) is 64.0 Å². The van der Waals surface area contributed by atoms with Crippen molar-refractivity contribution in [3.8, 4) is 11.3 Å². The number of amides is 1. The summed E-state index contributed by atoms with van der Waals surface area (Å²) in [5.74, 6) is -0.175. The van der Waals surface area contributed by atoms with Crippen LogP contribution in [0.1, 0.15) is 20.3 Å². The normalized spacial score (nSPS) is 12.0. The van der Waals surface area contributed by atoms with Crippen LogP contribution in [0, 0.1) is 0 Å². The van der Waals surface area contributed by atoms with Crippen molar-refractivity contribution in [1.82, 2.24) is 14.9 Å². The summed E-state index contributed by atoms with van der Waals surface area (Å²) in [6.07, 6.45) is 2.70. The Morgan fingerprint density at radius 3 is 2.65 bits per heavy atom. The van der Waals surface area contributed by atoms with E-state index in [1.165, 1.54) is 22.4 Å². The van der Waals surface area contributed by atoms with Gasteiger partial charge in [-0.2, -0.15) is 0 Å². The van der Waals surface area contributed by atoms with E-state index in [4.69, 9.17) is 0 Å². The third-order valence-corrected chi connectivity index (χ3v) is 4.22. The van der Waals surface area contributed by atoms with Crippen LogP contribution < -0.4 is 10.9 Å². The molecule has 0 fully saturated rings. The van der Waals surface area contributed by atoms with E-state index in [2.05, 4.69) is 10.3 Å². The molecule has 5 nitrogen and oxygen atoms in total. The molecule has 0 saturated heterocycles. The number of hydrogen-bond acceptors (Lipinski definition) is 4. The molecule has 6 heteroatoms. The van der Waals surface area contributed by atoms with E-state index in [9.17, 15) is 9.59 Å². The van der Waals surface area contributed by atoms with Gasteiger partial charge in [0.2, 0.25) is 5.91 Å². The van der Waals surface area contributed by atoms with Crippen molar-refractivity contribution < 1.29 is 4.79 Å². The Kier molecular flexibility index (Phi) is 5.98. The first-order valence-electron chi connectivity index (χ1n) is 7.55. The molecule has 1 aromatic heterocycles. The Balaban J connectivity index is 2.31. The van der Waals surface area contributed by atoms with E-state index < -0.39 is 0 Å². The number of benzene rings is 1.